The van der Waals surface area contributed by atoms with E-state index in [1.165, 1.54) is 22.6 Å². The maximum Gasteiger partial charge on any atom is 0.266 e. The zero-order valence-corrected chi connectivity index (χ0v) is 19.9. The largest absolute Gasteiger partial charge is 0.370 e. The highest BCUT2D eigenvalue weighted by atomic mass is 32.2. The Kier molecular flexibility index (Phi) is 6.42. The molecule has 3 rings (SSSR count). The van der Waals surface area contributed by atoms with Gasteiger partial charge in [0.15, 0.2) is 5.78 Å². The molecule has 172 valence electrons. The van der Waals surface area contributed by atoms with Crippen LogP contribution in [0.1, 0.15) is 59.3 Å². The second-order valence-electron chi connectivity index (χ2n) is 10.2. The number of ketones is 2. The summed E-state index contributed by atoms with van der Waals surface area (Å²) in [7, 11) is -2.59. The first-order valence-electron chi connectivity index (χ1n) is 11.1. The van der Waals surface area contributed by atoms with Crippen molar-refractivity contribution in [2.75, 3.05) is 19.3 Å². The van der Waals surface area contributed by atoms with Gasteiger partial charge in [0, 0.05) is 25.2 Å². The van der Waals surface area contributed by atoms with Crippen LogP contribution >= 0.6 is 0 Å². The Bertz CT molecular complexity index is 962. The van der Waals surface area contributed by atoms with Gasteiger partial charge in [0.25, 0.3) is 10.1 Å². The molecule has 0 amide bonds. The zero-order chi connectivity index (χ0) is 23.2. The van der Waals surface area contributed by atoms with E-state index in [1.54, 1.807) is 7.05 Å². The van der Waals surface area contributed by atoms with E-state index in [4.69, 9.17) is 4.55 Å². The van der Waals surface area contributed by atoms with Gasteiger partial charge in [0.2, 0.25) is 5.78 Å². The van der Waals surface area contributed by atoms with Gasteiger partial charge in [-0.15, -0.1) is 0 Å². The van der Waals surface area contributed by atoms with E-state index in [1.807, 2.05) is 0 Å². The lowest BCUT2D eigenvalue weighted by Crippen LogP contribution is -2.50. The number of carbonyl (C=O) groups is 2. The Morgan fingerprint density at radius 1 is 1.23 bits per heavy atom. The number of allylic oxidation sites excluding steroid dienone is 4. The van der Waals surface area contributed by atoms with Crippen molar-refractivity contribution in [1.82, 2.24) is 4.90 Å². The lowest BCUT2D eigenvalue weighted by Gasteiger charge is -2.59. The average Bonchev–Trinajstić information content (AvgIpc) is 2.67. The number of hydrogen-bond acceptors (Lipinski definition) is 5. The van der Waals surface area contributed by atoms with Crippen molar-refractivity contribution >= 4 is 21.7 Å². The van der Waals surface area contributed by atoms with Crippen LogP contribution in [0.25, 0.3) is 0 Å². The molecule has 0 bridgehead atoms. The molecule has 2 fully saturated rings. The van der Waals surface area contributed by atoms with Gasteiger partial charge in [-0.3, -0.25) is 14.1 Å². The lowest BCUT2D eigenvalue weighted by atomic mass is 9.46. The highest BCUT2D eigenvalue weighted by Gasteiger charge is 2.54. The summed E-state index contributed by atoms with van der Waals surface area (Å²) < 4.78 is 31.2. The first-order chi connectivity index (χ1) is 14.3. The number of likely N-dealkylation sites (N-methyl/N-ethyl adjacent to an activating group) is 1. The number of carbonyl (C=O) groups excluding carboxylic acids is 2. The molecular weight excluding hydrogens is 414 g/mol. The summed E-state index contributed by atoms with van der Waals surface area (Å²) in [4.78, 5) is 27.2. The van der Waals surface area contributed by atoms with Gasteiger partial charge in [-0.05, 0) is 67.3 Å². The molecule has 0 aromatic heterocycles. The number of Topliss-reactive ketones (excluding diaryl/α,β-unsaturated/α-hetero) is 1. The zero-order valence-electron chi connectivity index (χ0n) is 19.1. The molecule has 0 aliphatic heterocycles. The monoisotopic (exact) mass is 449 g/mol. The van der Waals surface area contributed by atoms with Crippen LogP contribution in [0.5, 0.6) is 0 Å². The summed E-state index contributed by atoms with van der Waals surface area (Å²) in [5.74, 6) is -0.176. The van der Waals surface area contributed by atoms with Crippen LogP contribution in [-0.2, 0) is 19.7 Å². The molecule has 31 heavy (non-hydrogen) atoms. The van der Waals surface area contributed by atoms with E-state index in [0.717, 1.165) is 32.1 Å². The number of fused-ring (bicyclic) bond motifs is 1. The minimum Gasteiger partial charge on any atom is -0.370 e. The molecule has 3 aliphatic rings. The van der Waals surface area contributed by atoms with Gasteiger partial charge < -0.3 is 4.90 Å². The fourth-order valence-corrected chi connectivity index (χ4v) is 6.61. The molecule has 7 heteroatoms. The molecule has 2 saturated carbocycles. The van der Waals surface area contributed by atoms with Crippen molar-refractivity contribution in [3.8, 4) is 0 Å². The van der Waals surface area contributed by atoms with Crippen LogP contribution in [-0.4, -0.2) is 48.8 Å². The minimum atomic E-state index is -4.16. The quantitative estimate of drug-likeness (QED) is 0.375. The molecule has 0 aromatic carbocycles. The number of nitrogens with zero attached hydrogens (tertiary/aromatic N) is 1. The van der Waals surface area contributed by atoms with Crippen LogP contribution < -0.4 is 0 Å². The molecule has 0 radical (unpaired) electrons. The van der Waals surface area contributed by atoms with Gasteiger partial charge in [0.05, 0.1) is 11.4 Å². The highest BCUT2D eigenvalue weighted by molar-refractivity contribution is 7.85. The number of hydrogen-bond donors (Lipinski definition) is 1. The number of rotatable bonds is 6. The van der Waals surface area contributed by atoms with E-state index in [0.29, 0.717) is 23.8 Å². The molecule has 1 N–H and O–H groups in total. The van der Waals surface area contributed by atoms with Gasteiger partial charge in [0.1, 0.15) is 0 Å². The Morgan fingerprint density at radius 3 is 2.55 bits per heavy atom. The lowest BCUT2D eigenvalue weighted by molar-refractivity contribution is -0.117. The third-order valence-corrected chi connectivity index (χ3v) is 9.05. The summed E-state index contributed by atoms with van der Waals surface area (Å²) in [5, 5.41) is 0. The average molecular weight is 450 g/mol. The molecular formula is C24H35NO5S. The summed E-state index contributed by atoms with van der Waals surface area (Å²) in [6.45, 7) is 11.2. The van der Waals surface area contributed by atoms with Crippen LogP contribution in [0.3, 0.4) is 0 Å². The van der Waals surface area contributed by atoms with Crippen molar-refractivity contribution in [1.29, 1.82) is 0 Å². The fourth-order valence-electron chi connectivity index (χ4n) is 6.11. The van der Waals surface area contributed by atoms with E-state index in [9.17, 15) is 18.0 Å². The smallest absolute Gasteiger partial charge is 0.266 e. The SMILES string of the molecule is C=C1CCCC2C1(C)CCC(C)C2(C)CC1=CC(=O)C=C(N(C)CCS(=O)(=O)O)C1=O. The molecule has 3 aliphatic carbocycles. The predicted molar refractivity (Wildman–Crippen MR) is 121 cm³/mol. The van der Waals surface area contributed by atoms with E-state index >= 15 is 0 Å². The van der Waals surface area contributed by atoms with Crippen molar-refractivity contribution in [3.63, 3.8) is 0 Å². The first kappa shape index (κ1) is 23.9. The normalized spacial score (nSPS) is 34.2. The first-order valence-corrected chi connectivity index (χ1v) is 12.7. The summed E-state index contributed by atoms with van der Waals surface area (Å²) in [6.07, 6.45) is 8.68. The molecule has 6 nitrogen and oxygen atoms in total. The molecule has 0 spiro atoms. The third-order valence-electron chi connectivity index (χ3n) is 8.35. The molecule has 4 unspecified atom stereocenters. The van der Waals surface area contributed by atoms with Gasteiger partial charge in [-0.1, -0.05) is 32.9 Å². The van der Waals surface area contributed by atoms with Crippen molar-refractivity contribution in [3.05, 3.63) is 35.6 Å². The topological polar surface area (TPSA) is 91.8 Å². The maximum atomic E-state index is 13.3. The Labute approximate surface area is 186 Å². The second-order valence-corrected chi connectivity index (χ2v) is 11.8. The minimum absolute atomic E-state index is 0.0622. The Balaban J connectivity index is 1.86. The van der Waals surface area contributed by atoms with Gasteiger partial charge >= 0.3 is 0 Å². The van der Waals surface area contributed by atoms with Crippen LogP contribution in [0.2, 0.25) is 0 Å². The maximum absolute atomic E-state index is 13.3. The summed E-state index contributed by atoms with van der Waals surface area (Å²) in [5.41, 5.74) is 1.93. The van der Waals surface area contributed by atoms with Gasteiger partial charge in [-0.2, -0.15) is 8.42 Å². The summed E-state index contributed by atoms with van der Waals surface area (Å²) in [6, 6.07) is 0. The predicted octanol–water partition coefficient (Wildman–Crippen LogP) is 3.96. The van der Waals surface area contributed by atoms with Crippen molar-refractivity contribution < 1.29 is 22.6 Å². The molecule has 0 heterocycles. The van der Waals surface area contributed by atoms with Crippen molar-refractivity contribution in [2.45, 2.75) is 59.3 Å². The molecule has 0 saturated heterocycles. The summed E-state index contributed by atoms with van der Waals surface area (Å²) >= 11 is 0. The molecule has 4 atom stereocenters. The van der Waals surface area contributed by atoms with Crippen LogP contribution in [0.4, 0.5) is 0 Å². The Morgan fingerprint density at radius 2 is 1.90 bits per heavy atom. The third kappa shape index (κ3) is 4.58. The van der Waals surface area contributed by atoms with Gasteiger partial charge in [-0.25, -0.2) is 0 Å². The molecule has 0 aromatic rings. The standard InChI is InChI=1S/C24H35NO5S/c1-16-7-6-8-21-23(16,3)10-9-17(2)24(21,4)15-18-13-19(26)14-20(22(18)27)25(5)11-12-31(28,29)30/h13-14,17,21H,1,6-12,15H2,2-5H3,(H,28,29,30). The fraction of sp³-hybridized carbons (Fsp3) is 0.667. The van der Waals surface area contributed by atoms with E-state index in [2.05, 4.69) is 27.4 Å². The van der Waals surface area contributed by atoms with E-state index in [-0.39, 0.29) is 34.6 Å². The van der Waals surface area contributed by atoms with Crippen LogP contribution in [0, 0.1) is 22.7 Å². The second kappa shape index (κ2) is 8.32. The van der Waals surface area contributed by atoms with Crippen LogP contribution in [0.15, 0.2) is 35.6 Å². The van der Waals surface area contributed by atoms with Crippen molar-refractivity contribution in [2.24, 2.45) is 22.7 Å². The highest BCUT2D eigenvalue weighted by Crippen LogP contribution is 2.63. The van der Waals surface area contributed by atoms with E-state index < -0.39 is 15.9 Å². The Hall–Kier alpha value is -1.73.